The topological polar surface area (TPSA) is 134 Å². The SMILES string of the molecule is O=[N+]([O-])c1ccc(N/N=C/c2cc(Br)c(O)c(Br)c2)c(S(=O)(=O)Nc2ccccc2Cl)c1. The lowest BCUT2D eigenvalue weighted by atomic mass is 10.2. The maximum Gasteiger partial charge on any atom is 0.270 e. The predicted molar refractivity (Wildman–Crippen MR) is 130 cm³/mol. The van der Waals surface area contributed by atoms with Gasteiger partial charge >= 0.3 is 0 Å². The average molecular weight is 605 g/mol. The number of phenolic OH excluding ortho intramolecular Hbond substituents is 1. The number of phenols is 1. The van der Waals surface area contributed by atoms with Crippen LogP contribution in [0.15, 0.2) is 73.5 Å². The highest BCUT2D eigenvalue weighted by atomic mass is 79.9. The maximum absolute atomic E-state index is 13.0. The number of rotatable bonds is 7. The van der Waals surface area contributed by atoms with E-state index in [1.165, 1.54) is 24.4 Å². The quantitative estimate of drug-likeness (QED) is 0.179. The molecule has 0 aliphatic carbocycles. The molecule has 0 saturated carbocycles. The van der Waals surface area contributed by atoms with E-state index in [2.05, 4.69) is 47.1 Å². The molecule has 3 aromatic rings. The van der Waals surface area contributed by atoms with Crippen molar-refractivity contribution in [2.75, 3.05) is 10.1 Å². The summed E-state index contributed by atoms with van der Waals surface area (Å²) in [7, 11) is -4.26. The van der Waals surface area contributed by atoms with E-state index in [-0.39, 0.29) is 22.1 Å². The van der Waals surface area contributed by atoms with Gasteiger partial charge in [0.1, 0.15) is 10.6 Å². The fourth-order valence-electron chi connectivity index (χ4n) is 2.52. The van der Waals surface area contributed by atoms with E-state index in [0.29, 0.717) is 14.5 Å². The Morgan fingerprint density at radius 3 is 2.34 bits per heavy atom. The van der Waals surface area contributed by atoms with Crippen molar-refractivity contribution in [3.8, 4) is 5.75 Å². The van der Waals surface area contributed by atoms with Crippen LogP contribution in [-0.4, -0.2) is 24.7 Å². The van der Waals surface area contributed by atoms with Gasteiger partial charge in [-0.1, -0.05) is 23.7 Å². The molecular weight excluding hydrogens is 592 g/mol. The van der Waals surface area contributed by atoms with Gasteiger partial charge in [-0.05, 0) is 67.8 Å². The lowest BCUT2D eigenvalue weighted by molar-refractivity contribution is -0.385. The zero-order valence-corrected chi connectivity index (χ0v) is 20.5. The molecule has 0 aliphatic heterocycles. The first kappa shape index (κ1) is 24.0. The summed E-state index contributed by atoms with van der Waals surface area (Å²) in [5.41, 5.74) is 2.88. The average Bonchev–Trinajstić information content (AvgIpc) is 2.73. The molecule has 0 aromatic heterocycles. The molecular formula is C19H13Br2ClN4O5S. The van der Waals surface area contributed by atoms with E-state index < -0.39 is 25.5 Å². The van der Waals surface area contributed by atoms with E-state index in [0.717, 1.165) is 12.1 Å². The van der Waals surface area contributed by atoms with Gasteiger partial charge in [0.2, 0.25) is 0 Å². The van der Waals surface area contributed by atoms with Crippen LogP contribution in [0.4, 0.5) is 17.1 Å². The monoisotopic (exact) mass is 602 g/mol. The van der Waals surface area contributed by atoms with Crippen LogP contribution in [0.3, 0.4) is 0 Å². The molecule has 0 atom stereocenters. The van der Waals surface area contributed by atoms with Gasteiger partial charge < -0.3 is 5.11 Å². The molecule has 3 rings (SSSR count). The largest absolute Gasteiger partial charge is 0.506 e. The molecule has 3 aromatic carbocycles. The van der Waals surface area contributed by atoms with Crippen molar-refractivity contribution in [3.05, 3.63) is 84.2 Å². The molecule has 0 amide bonds. The normalized spacial score (nSPS) is 11.5. The molecule has 0 heterocycles. The van der Waals surface area contributed by atoms with Gasteiger partial charge in [0.25, 0.3) is 15.7 Å². The van der Waals surface area contributed by atoms with E-state index in [4.69, 9.17) is 11.6 Å². The number of nitro groups is 1. The first-order valence-electron chi connectivity index (χ1n) is 8.61. The highest BCUT2D eigenvalue weighted by molar-refractivity contribution is 9.11. The minimum atomic E-state index is -4.26. The van der Waals surface area contributed by atoms with Gasteiger partial charge in [0, 0.05) is 12.1 Å². The second kappa shape index (κ2) is 9.86. The number of aromatic hydroxyl groups is 1. The summed E-state index contributed by atoms with van der Waals surface area (Å²) in [6.07, 6.45) is 1.38. The number of hydrogen-bond donors (Lipinski definition) is 3. The third kappa shape index (κ3) is 5.57. The number of para-hydroxylation sites is 1. The lowest BCUT2D eigenvalue weighted by Crippen LogP contribution is -2.15. The number of sulfonamides is 1. The number of nitrogens with one attached hydrogen (secondary N) is 2. The lowest BCUT2D eigenvalue weighted by Gasteiger charge is -2.13. The van der Waals surface area contributed by atoms with Crippen molar-refractivity contribution in [2.24, 2.45) is 5.10 Å². The molecule has 0 fully saturated rings. The molecule has 0 saturated heterocycles. The van der Waals surface area contributed by atoms with Crippen molar-refractivity contribution in [1.29, 1.82) is 0 Å². The first-order chi connectivity index (χ1) is 15.1. The smallest absolute Gasteiger partial charge is 0.270 e. The summed E-state index contributed by atoms with van der Waals surface area (Å²) in [5.74, 6) is 0.0181. The Morgan fingerprint density at radius 2 is 1.72 bits per heavy atom. The van der Waals surface area contributed by atoms with E-state index in [1.807, 2.05) is 0 Å². The van der Waals surface area contributed by atoms with Crippen LogP contribution in [0, 0.1) is 10.1 Å². The Morgan fingerprint density at radius 1 is 1.06 bits per heavy atom. The zero-order valence-electron chi connectivity index (χ0n) is 15.8. The summed E-state index contributed by atoms with van der Waals surface area (Å²) in [5, 5.41) is 25.1. The molecule has 0 unspecified atom stereocenters. The number of halogens is 3. The van der Waals surface area contributed by atoms with Crippen molar-refractivity contribution in [1.82, 2.24) is 0 Å². The molecule has 166 valence electrons. The Kier molecular flexibility index (Phi) is 7.39. The Bertz CT molecular complexity index is 1310. The number of anilines is 2. The molecule has 0 aliphatic rings. The summed E-state index contributed by atoms with van der Waals surface area (Å²) in [6, 6.07) is 12.7. The second-order valence-corrected chi connectivity index (χ2v) is 9.99. The molecule has 32 heavy (non-hydrogen) atoms. The van der Waals surface area contributed by atoms with Crippen LogP contribution in [0.2, 0.25) is 5.02 Å². The molecule has 9 nitrogen and oxygen atoms in total. The van der Waals surface area contributed by atoms with Crippen LogP contribution >= 0.6 is 43.5 Å². The Labute approximate surface area is 204 Å². The van der Waals surface area contributed by atoms with Gasteiger partial charge in [0.15, 0.2) is 0 Å². The van der Waals surface area contributed by atoms with Gasteiger partial charge in [-0.2, -0.15) is 5.10 Å². The van der Waals surface area contributed by atoms with E-state index in [1.54, 1.807) is 24.3 Å². The first-order valence-corrected chi connectivity index (χ1v) is 12.1. The minimum Gasteiger partial charge on any atom is -0.506 e. The highest BCUT2D eigenvalue weighted by Crippen LogP contribution is 2.33. The van der Waals surface area contributed by atoms with Crippen LogP contribution in [0.25, 0.3) is 0 Å². The fourth-order valence-corrected chi connectivity index (χ4v) is 5.24. The minimum absolute atomic E-state index is 0.00307. The van der Waals surface area contributed by atoms with Crippen molar-refractivity contribution in [2.45, 2.75) is 4.90 Å². The van der Waals surface area contributed by atoms with E-state index >= 15 is 0 Å². The summed E-state index contributed by atoms with van der Waals surface area (Å²) < 4.78 is 29.1. The maximum atomic E-state index is 13.0. The van der Waals surface area contributed by atoms with Gasteiger partial charge in [0.05, 0.1) is 36.5 Å². The van der Waals surface area contributed by atoms with E-state index in [9.17, 15) is 23.6 Å². The zero-order chi connectivity index (χ0) is 23.5. The third-order valence-corrected chi connectivity index (χ3v) is 6.97. The number of hydrogen-bond acceptors (Lipinski definition) is 7. The number of hydrazone groups is 1. The number of nitrogens with zero attached hydrogens (tertiary/aromatic N) is 2. The summed E-state index contributed by atoms with van der Waals surface area (Å²) in [6.45, 7) is 0. The molecule has 0 radical (unpaired) electrons. The fraction of sp³-hybridized carbons (Fsp3) is 0. The molecule has 0 bridgehead atoms. The highest BCUT2D eigenvalue weighted by Gasteiger charge is 2.23. The van der Waals surface area contributed by atoms with Crippen molar-refractivity contribution >= 4 is 76.8 Å². The van der Waals surface area contributed by atoms with Gasteiger partial charge in [-0.3, -0.25) is 20.3 Å². The van der Waals surface area contributed by atoms with Crippen LogP contribution in [-0.2, 0) is 10.0 Å². The number of nitro benzene ring substituents is 1. The summed E-state index contributed by atoms with van der Waals surface area (Å²) >= 11 is 12.4. The number of benzene rings is 3. The third-order valence-electron chi connectivity index (χ3n) is 4.02. The van der Waals surface area contributed by atoms with Crippen molar-refractivity contribution < 1.29 is 18.4 Å². The second-order valence-electron chi connectivity index (χ2n) is 6.23. The molecule has 3 N–H and O–H groups in total. The predicted octanol–water partition coefficient (Wildman–Crippen LogP) is 5.73. The standard InChI is InChI=1S/C19H13Br2ClN4O5S/c20-13-7-11(8-14(21)19(13)27)10-23-24-17-6-5-12(26(28)29)9-18(17)32(30,31)25-16-4-2-1-3-15(16)22/h1-10,24-25,27H/b23-10+. The summed E-state index contributed by atoms with van der Waals surface area (Å²) in [4.78, 5) is 10.1. The van der Waals surface area contributed by atoms with Gasteiger partial charge in [-0.25, -0.2) is 8.42 Å². The van der Waals surface area contributed by atoms with Crippen LogP contribution in [0.1, 0.15) is 5.56 Å². The molecule has 13 heteroatoms. The number of non-ortho nitro benzene ring substituents is 1. The Balaban J connectivity index is 1.96. The van der Waals surface area contributed by atoms with Crippen molar-refractivity contribution in [3.63, 3.8) is 0 Å². The molecule has 0 spiro atoms. The van der Waals surface area contributed by atoms with Crippen LogP contribution in [0.5, 0.6) is 5.75 Å². The van der Waals surface area contributed by atoms with Crippen LogP contribution < -0.4 is 10.1 Å². The Hall–Kier alpha value is -2.67. The van der Waals surface area contributed by atoms with Gasteiger partial charge in [-0.15, -0.1) is 0 Å².